The van der Waals surface area contributed by atoms with Crippen LogP contribution in [0.3, 0.4) is 0 Å². The van der Waals surface area contributed by atoms with E-state index in [-0.39, 0.29) is 18.3 Å². The molecule has 34 heavy (non-hydrogen) atoms. The summed E-state index contributed by atoms with van der Waals surface area (Å²) >= 11 is 0. The Kier molecular flexibility index (Phi) is 11.6. The summed E-state index contributed by atoms with van der Waals surface area (Å²) in [5.74, 6) is 5.55. The predicted octanol–water partition coefficient (Wildman–Crippen LogP) is 5.30. The van der Waals surface area contributed by atoms with Gasteiger partial charge in [-0.25, -0.2) is 9.18 Å². The molecule has 0 saturated heterocycles. The fraction of sp³-hybridized carbons (Fsp3) is 0.407. The number of nitrogens with zero attached hydrogens (tertiary/aromatic N) is 1. The van der Waals surface area contributed by atoms with Gasteiger partial charge in [-0.15, -0.1) is 0 Å². The molecule has 2 amide bonds. The number of benzene rings is 2. The van der Waals surface area contributed by atoms with E-state index in [2.05, 4.69) is 17.2 Å². The van der Waals surface area contributed by atoms with Crippen LogP contribution in [0.25, 0.3) is 0 Å². The van der Waals surface area contributed by atoms with Crippen molar-refractivity contribution in [1.82, 2.24) is 5.32 Å². The van der Waals surface area contributed by atoms with Gasteiger partial charge in [0.1, 0.15) is 11.4 Å². The topological polar surface area (TPSA) is 84.7 Å². The Bertz CT molecular complexity index is 1000. The van der Waals surface area contributed by atoms with E-state index in [1.165, 1.54) is 12.1 Å². The van der Waals surface area contributed by atoms with Gasteiger partial charge >= 0.3 is 6.09 Å². The second-order valence-corrected chi connectivity index (χ2v) is 8.33. The van der Waals surface area contributed by atoms with Crippen LogP contribution in [0.4, 0.5) is 20.6 Å². The molecule has 0 bridgehead atoms. The summed E-state index contributed by atoms with van der Waals surface area (Å²) < 4.78 is 18.0. The molecule has 6 nitrogen and oxygen atoms in total. The van der Waals surface area contributed by atoms with Crippen molar-refractivity contribution >= 4 is 23.4 Å². The molecular weight excluding hydrogens is 433 g/mol. The molecule has 1 heterocycles. The third kappa shape index (κ3) is 10.4. The highest BCUT2D eigenvalue weighted by molar-refractivity contribution is 5.92. The summed E-state index contributed by atoms with van der Waals surface area (Å²) in [6.07, 6.45) is 1.31. The van der Waals surface area contributed by atoms with E-state index >= 15 is 0 Å². The van der Waals surface area contributed by atoms with Gasteiger partial charge in [-0.05, 0) is 81.6 Å². The zero-order valence-corrected chi connectivity index (χ0v) is 21.0. The second-order valence-electron chi connectivity index (χ2n) is 8.33. The second kappa shape index (κ2) is 13.9. The Morgan fingerprint density at radius 3 is 2.38 bits per heavy atom. The molecule has 1 aliphatic heterocycles. The molecule has 0 spiro atoms. The number of nitrogen functional groups attached to an aromatic ring is 1. The van der Waals surface area contributed by atoms with Gasteiger partial charge < -0.3 is 20.7 Å². The van der Waals surface area contributed by atoms with Crippen molar-refractivity contribution < 1.29 is 18.7 Å². The standard InChI is InChI=1S/C14H18N2O2.C11H12FNO.C2H6/c1-14(2,3)18-13(17)16-10-4-5-11-6-8-12(15)9-7-11;1-8(14)13-6-2-3-9-7-10(12)4-5-11(9)13;1-2/h6-9H,10,15H2,1-3H3,(H,16,17);4-5,7H,2-3,6H2,1H3;1-2H3. The molecule has 7 heteroatoms. The average molecular weight is 470 g/mol. The number of rotatable bonds is 1. The highest BCUT2D eigenvalue weighted by atomic mass is 19.1. The molecular formula is C27H36FN3O3. The summed E-state index contributed by atoms with van der Waals surface area (Å²) in [5, 5.41) is 2.56. The number of nitrogens with two attached hydrogens (primary N) is 1. The third-order valence-electron chi connectivity index (χ3n) is 4.40. The number of hydrogen-bond donors (Lipinski definition) is 2. The Morgan fingerprint density at radius 2 is 1.79 bits per heavy atom. The van der Waals surface area contributed by atoms with E-state index < -0.39 is 11.7 Å². The van der Waals surface area contributed by atoms with Crippen LogP contribution >= 0.6 is 0 Å². The van der Waals surface area contributed by atoms with E-state index in [4.69, 9.17) is 10.5 Å². The van der Waals surface area contributed by atoms with Gasteiger partial charge in [0, 0.05) is 30.4 Å². The van der Waals surface area contributed by atoms with Gasteiger partial charge in [-0.3, -0.25) is 4.79 Å². The number of ether oxygens (including phenoxy) is 1. The minimum absolute atomic E-state index is 0.0255. The highest BCUT2D eigenvalue weighted by Gasteiger charge is 2.19. The number of hydrogen-bond acceptors (Lipinski definition) is 4. The molecule has 3 N–H and O–H groups in total. The molecule has 2 aromatic rings. The number of aryl methyl sites for hydroxylation is 1. The zero-order valence-electron chi connectivity index (χ0n) is 21.0. The summed E-state index contributed by atoms with van der Waals surface area (Å²) in [6, 6.07) is 11.8. The molecule has 0 atom stereocenters. The number of nitrogens with one attached hydrogen (secondary N) is 1. The molecule has 0 radical (unpaired) electrons. The Balaban J connectivity index is 0.000000324. The van der Waals surface area contributed by atoms with Crippen LogP contribution in [0.2, 0.25) is 0 Å². The molecule has 0 aromatic heterocycles. The van der Waals surface area contributed by atoms with Crippen LogP contribution in [0.15, 0.2) is 42.5 Å². The Morgan fingerprint density at radius 1 is 1.15 bits per heavy atom. The lowest BCUT2D eigenvalue weighted by Gasteiger charge is -2.28. The van der Waals surface area contributed by atoms with Crippen molar-refractivity contribution in [3.05, 3.63) is 59.4 Å². The van der Waals surface area contributed by atoms with Crippen LogP contribution in [0.1, 0.15) is 59.1 Å². The fourth-order valence-electron chi connectivity index (χ4n) is 3.04. The quantitative estimate of drug-likeness (QED) is 0.439. The largest absolute Gasteiger partial charge is 0.444 e. The summed E-state index contributed by atoms with van der Waals surface area (Å²) in [4.78, 5) is 24.3. The smallest absolute Gasteiger partial charge is 0.408 e. The van der Waals surface area contributed by atoms with Crippen molar-refractivity contribution in [3.8, 4) is 11.8 Å². The predicted molar refractivity (Wildman–Crippen MR) is 136 cm³/mol. The summed E-state index contributed by atoms with van der Waals surface area (Å²) in [7, 11) is 0. The van der Waals surface area contributed by atoms with Gasteiger partial charge in [0.05, 0.1) is 6.54 Å². The first-order valence-electron chi connectivity index (χ1n) is 11.4. The van der Waals surface area contributed by atoms with Crippen molar-refractivity contribution in [2.45, 2.75) is 60.0 Å². The van der Waals surface area contributed by atoms with Crippen molar-refractivity contribution in [1.29, 1.82) is 0 Å². The first kappa shape index (κ1) is 28.5. The lowest BCUT2D eigenvalue weighted by atomic mass is 10.0. The van der Waals surface area contributed by atoms with Gasteiger partial charge in [0.2, 0.25) is 5.91 Å². The third-order valence-corrected chi connectivity index (χ3v) is 4.40. The first-order valence-corrected chi connectivity index (χ1v) is 11.4. The number of alkyl carbamates (subject to hydrolysis) is 1. The normalized spacial score (nSPS) is 11.8. The molecule has 0 unspecified atom stereocenters. The van der Waals surface area contributed by atoms with Crippen LogP contribution < -0.4 is 16.0 Å². The van der Waals surface area contributed by atoms with E-state index in [0.717, 1.165) is 36.2 Å². The number of amides is 2. The lowest BCUT2D eigenvalue weighted by Crippen LogP contribution is -2.33. The summed E-state index contributed by atoms with van der Waals surface area (Å²) in [6.45, 7) is 12.0. The molecule has 184 valence electrons. The van der Waals surface area contributed by atoms with Gasteiger partial charge in [0.15, 0.2) is 0 Å². The first-order chi connectivity index (χ1) is 16.0. The molecule has 2 aromatic carbocycles. The number of halogens is 1. The van der Waals surface area contributed by atoms with E-state index in [0.29, 0.717) is 5.69 Å². The van der Waals surface area contributed by atoms with E-state index in [9.17, 15) is 14.0 Å². The van der Waals surface area contributed by atoms with Gasteiger partial charge in [-0.1, -0.05) is 25.7 Å². The van der Waals surface area contributed by atoms with E-state index in [1.807, 2.05) is 46.8 Å². The fourth-order valence-corrected chi connectivity index (χ4v) is 3.04. The molecule has 0 saturated carbocycles. The van der Waals surface area contributed by atoms with E-state index in [1.54, 1.807) is 30.0 Å². The molecule has 0 fully saturated rings. The monoisotopic (exact) mass is 469 g/mol. The average Bonchev–Trinajstić information content (AvgIpc) is 2.78. The molecule has 1 aliphatic rings. The number of carbonyl (C=O) groups excluding carboxylic acids is 2. The van der Waals surface area contributed by atoms with Crippen molar-refractivity contribution in [3.63, 3.8) is 0 Å². The molecule has 3 rings (SSSR count). The van der Waals surface area contributed by atoms with Crippen molar-refractivity contribution in [2.75, 3.05) is 23.7 Å². The van der Waals surface area contributed by atoms with Crippen molar-refractivity contribution in [2.24, 2.45) is 0 Å². The van der Waals surface area contributed by atoms with Crippen LogP contribution in [-0.2, 0) is 16.0 Å². The maximum absolute atomic E-state index is 12.9. The molecule has 0 aliphatic carbocycles. The number of carbonyl (C=O) groups is 2. The minimum atomic E-state index is -0.492. The van der Waals surface area contributed by atoms with Gasteiger partial charge in [0.25, 0.3) is 0 Å². The van der Waals surface area contributed by atoms with Crippen LogP contribution in [0, 0.1) is 17.7 Å². The van der Waals surface area contributed by atoms with Gasteiger partial charge in [-0.2, -0.15) is 0 Å². The number of fused-ring (bicyclic) bond motifs is 1. The lowest BCUT2D eigenvalue weighted by molar-refractivity contribution is -0.116. The Labute approximate surface area is 202 Å². The SMILES string of the molecule is CC.CC(=O)N1CCCc2cc(F)ccc21.CC(C)(C)OC(=O)NCC#Cc1ccc(N)cc1. The maximum Gasteiger partial charge on any atom is 0.408 e. The van der Waals surface area contributed by atoms with Crippen LogP contribution in [-0.4, -0.2) is 30.7 Å². The maximum atomic E-state index is 12.9. The summed E-state index contributed by atoms with van der Waals surface area (Å²) in [5.41, 5.74) is 8.43. The minimum Gasteiger partial charge on any atom is -0.444 e. The highest BCUT2D eigenvalue weighted by Crippen LogP contribution is 2.27. The number of anilines is 2. The Hall–Kier alpha value is -3.53. The zero-order chi connectivity index (χ0) is 25.7. The van der Waals surface area contributed by atoms with Crippen LogP contribution in [0.5, 0.6) is 0 Å².